The molecule has 0 bridgehead atoms. The number of nitriles is 1. The second-order valence-corrected chi connectivity index (χ2v) is 7.49. The van der Waals surface area contributed by atoms with Gasteiger partial charge in [-0.1, -0.05) is 86.2 Å². The van der Waals surface area contributed by atoms with Gasteiger partial charge < -0.3 is 0 Å². The third kappa shape index (κ3) is 7.43. The van der Waals surface area contributed by atoms with E-state index < -0.39 is 0 Å². The Morgan fingerprint density at radius 2 is 1.59 bits per heavy atom. The van der Waals surface area contributed by atoms with Crippen LogP contribution in [-0.2, 0) is 0 Å². The van der Waals surface area contributed by atoms with Crippen molar-refractivity contribution in [3.8, 4) is 6.07 Å². The van der Waals surface area contributed by atoms with Gasteiger partial charge in [0.05, 0.1) is 12.5 Å². The first kappa shape index (κ1) is 21.0. The van der Waals surface area contributed by atoms with Crippen molar-refractivity contribution in [2.75, 3.05) is 0 Å². The second-order valence-electron chi connectivity index (χ2n) is 7.49. The highest BCUT2D eigenvalue weighted by molar-refractivity contribution is 5.20. The molecule has 0 aliphatic heterocycles. The zero-order chi connectivity index (χ0) is 19.3. The lowest BCUT2D eigenvalue weighted by Gasteiger charge is -2.15. The molecule has 0 heterocycles. The summed E-state index contributed by atoms with van der Waals surface area (Å²) < 4.78 is 0. The zero-order valence-electron chi connectivity index (χ0n) is 16.9. The van der Waals surface area contributed by atoms with Crippen LogP contribution in [0.5, 0.6) is 0 Å². The smallest absolute Gasteiger partial charge is 0.0666 e. The highest BCUT2D eigenvalue weighted by atomic mass is 14.2. The van der Waals surface area contributed by atoms with Crippen LogP contribution < -0.4 is 0 Å². The minimum atomic E-state index is 0.571. The first-order chi connectivity index (χ1) is 13.2. The van der Waals surface area contributed by atoms with Gasteiger partial charge in [-0.25, -0.2) is 0 Å². The highest BCUT2D eigenvalue weighted by Crippen LogP contribution is 2.26. The number of rotatable bonds is 11. The largest absolute Gasteiger partial charge is 0.198 e. The molecule has 0 fully saturated rings. The summed E-state index contributed by atoms with van der Waals surface area (Å²) in [4.78, 5) is 0. The van der Waals surface area contributed by atoms with Gasteiger partial charge in [0, 0.05) is 0 Å². The van der Waals surface area contributed by atoms with Crippen LogP contribution in [0.1, 0.15) is 81.8 Å². The third-order valence-electron chi connectivity index (χ3n) is 5.52. The molecule has 2 atom stereocenters. The molecule has 0 N–H and O–H groups in total. The van der Waals surface area contributed by atoms with Crippen LogP contribution in [0.25, 0.3) is 0 Å². The van der Waals surface area contributed by atoms with Crippen molar-refractivity contribution < 1.29 is 0 Å². The summed E-state index contributed by atoms with van der Waals surface area (Å²) in [6, 6.07) is 23.9. The Morgan fingerprint density at radius 1 is 0.963 bits per heavy atom. The zero-order valence-corrected chi connectivity index (χ0v) is 16.9. The minimum absolute atomic E-state index is 0.571. The summed E-state index contributed by atoms with van der Waals surface area (Å²) in [6.07, 6.45) is 9.68. The molecule has 0 aromatic heterocycles. The third-order valence-corrected chi connectivity index (χ3v) is 5.52. The summed E-state index contributed by atoms with van der Waals surface area (Å²) in [5.41, 5.74) is 4.17. The fourth-order valence-electron chi connectivity index (χ4n) is 3.77. The fourth-order valence-corrected chi connectivity index (χ4v) is 3.77. The maximum atomic E-state index is 9.17. The van der Waals surface area contributed by atoms with E-state index in [2.05, 4.69) is 86.7 Å². The lowest BCUT2D eigenvalue weighted by Crippen LogP contribution is -1.97. The van der Waals surface area contributed by atoms with E-state index >= 15 is 0 Å². The van der Waals surface area contributed by atoms with E-state index in [-0.39, 0.29) is 0 Å². The Balaban J connectivity index is 1.82. The Labute approximate surface area is 165 Å². The molecule has 1 nitrogen and oxygen atoms in total. The first-order valence-electron chi connectivity index (χ1n) is 10.4. The van der Waals surface area contributed by atoms with Crippen molar-refractivity contribution in [3.05, 3.63) is 83.4 Å². The Kier molecular flexibility index (Phi) is 9.42. The molecule has 0 saturated heterocycles. The van der Waals surface area contributed by atoms with Gasteiger partial charge in [-0.3, -0.25) is 0 Å². The molecule has 0 aliphatic carbocycles. The van der Waals surface area contributed by atoms with E-state index in [1.54, 1.807) is 0 Å². The van der Waals surface area contributed by atoms with Crippen molar-refractivity contribution in [1.82, 2.24) is 0 Å². The Hall–Kier alpha value is -2.33. The summed E-state index contributed by atoms with van der Waals surface area (Å²) >= 11 is 0. The van der Waals surface area contributed by atoms with Crippen molar-refractivity contribution >= 4 is 0 Å². The van der Waals surface area contributed by atoms with Gasteiger partial charge in [-0.05, 0) is 61.5 Å². The monoisotopic (exact) mass is 359 g/mol. The van der Waals surface area contributed by atoms with Crippen LogP contribution in [0.3, 0.4) is 0 Å². The average Bonchev–Trinajstić information content (AvgIpc) is 2.72. The maximum absolute atomic E-state index is 9.17. The van der Waals surface area contributed by atoms with Crippen LogP contribution >= 0.6 is 0 Å². The van der Waals surface area contributed by atoms with Gasteiger partial charge in [0.25, 0.3) is 0 Å². The molecular weight excluding hydrogens is 326 g/mol. The van der Waals surface area contributed by atoms with E-state index in [1.807, 2.05) is 0 Å². The van der Waals surface area contributed by atoms with Crippen LogP contribution in [0, 0.1) is 11.3 Å². The summed E-state index contributed by atoms with van der Waals surface area (Å²) in [5, 5.41) is 9.17. The van der Waals surface area contributed by atoms with Gasteiger partial charge in [0.2, 0.25) is 0 Å². The second kappa shape index (κ2) is 12.1. The van der Waals surface area contributed by atoms with Crippen LogP contribution in [0.15, 0.2) is 72.3 Å². The Bertz CT molecular complexity index is 709. The lowest BCUT2D eigenvalue weighted by molar-refractivity contribution is 0.606. The summed E-state index contributed by atoms with van der Waals surface area (Å²) in [7, 11) is 0. The predicted molar refractivity (Wildman–Crippen MR) is 116 cm³/mol. The molecule has 27 heavy (non-hydrogen) atoms. The molecular formula is C26H33N. The van der Waals surface area contributed by atoms with Crippen molar-refractivity contribution in [1.29, 1.82) is 5.26 Å². The van der Waals surface area contributed by atoms with Crippen molar-refractivity contribution in [3.63, 3.8) is 0 Å². The van der Waals surface area contributed by atoms with E-state index in [4.69, 9.17) is 5.26 Å². The topological polar surface area (TPSA) is 23.8 Å². The molecule has 1 heteroatoms. The molecule has 0 saturated carbocycles. The number of benzene rings is 2. The van der Waals surface area contributed by atoms with Gasteiger partial charge >= 0.3 is 0 Å². The number of nitrogens with zero attached hydrogens (tertiary/aromatic N) is 1. The molecule has 2 rings (SSSR count). The normalized spacial score (nSPS) is 13.7. The van der Waals surface area contributed by atoms with Crippen LogP contribution in [0.4, 0.5) is 0 Å². The standard InChI is InChI=1S/C26H33N/c1-3-24(26-17-8-5-9-18-26)19-11-14-23(20-21-27)13-10-12-22(2)25-15-6-4-7-16-25/h4-9,14-18,22,24H,3,10-13,19-20H2,1-2H3. The van der Waals surface area contributed by atoms with Gasteiger partial charge in [0.15, 0.2) is 0 Å². The fraction of sp³-hybridized carbons (Fsp3) is 0.423. The lowest BCUT2D eigenvalue weighted by atomic mass is 9.90. The molecule has 2 aromatic carbocycles. The molecule has 0 aliphatic rings. The molecule has 0 amide bonds. The molecule has 142 valence electrons. The molecule has 2 unspecified atom stereocenters. The number of hydrogen-bond donors (Lipinski definition) is 0. The van der Waals surface area contributed by atoms with Crippen LogP contribution in [-0.4, -0.2) is 0 Å². The SMILES string of the molecule is CCC(CCC=C(CC#N)CCCC(C)c1ccccc1)c1ccccc1. The van der Waals surface area contributed by atoms with E-state index in [0.717, 1.165) is 25.7 Å². The Morgan fingerprint density at radius 3 is 2.19 bits per heavy atom. The van der Waals surface area contributed by atoms with Gasteiger partial charge in [-0.2, -0.15) is 5.26 Å². The first-order valence-corrected chi connectivity index (χ1v) is 10.4. The molecule has 0 radical (unpaired) electrons. The molecule has 0 spiro atoms. The number of allylic oxidation sites excluding steroid dienone is 2. The summed E-state index contributed by atoms with van der Waals surface area (Å²) in [5.74, 6) is 1.20. The molecule has 2 aromatic rings. The predicted octanol–water partition coefficient (Wildman–Crippen LogP) is 7.77. The quantitative estimate of drug-likeness (QED) is 0.376. The average molecular weight is 360 g/mol. The minimum Gasteiger partial charge on any atom is -0.198 e. The van der Waals surface area contributed by atoms with Gasteiger partial charge in [-0.15, -0.1) is 0 Å². The van der Waals surface area contributed by atoms with Crippen molar-refractivity contribution in [2.24, 2.45) is 0 Å². The van der Waals surface area contributed by atoms with Crippen molar-refractivity contribution in [2.45, 2.75) is 70.6 Å². The van der Waals surface area contributed by atoms with E-state index in [9.17, 15) is 0 Å². The van der Waals surface area contributed by atoms with Gasteiger partial charge in [0.1, 0.15) is 0 Å². The number of hydrogen-bond acceptors (Lipinski definition) is 1. The van der Waals surface area contributed by atoms with Crippen LogP contribution in [0.2, 0.25) is 0 Å². The summed E-state index contributed by atoms with van der Waals surface area (Å²) in [6.45, 7) is 4.57. The van der Waals surface area contributed by atoms with E-state index in [0.29, 0.717) is 18.3 Å². The van der Waals surface area contributed by atoms with E-state index in [1.165, 1.54) is 29.5 Å². The highest BCUT2D eigenvalue weighted by Gasteiger charge is 2.09. The maximum Gasteiger partial charge on any atom is 0.0666 e.